The van der Waals surface area contributed by atoms with Crippen LogP contribution in [0, 0.1) is 37.3 Å². The largest absolute Gasteiger partial charge is 3.00 e. The molecule has 0 unspecified atom stereocenters. The van der Waals surface area contributed by atoms with Crippen LogP contribution in [0.25, 0.3) is 0 Å². The predicted octanol–water partition coefficient (Wildman–Crippen LogP) is -4.54. The fourth-order valence-electron chi connectivity index (χ4n) is 0. The first-order valence-electron chi connectivity index (χ1n) is 0.908. The van der Waals surface area contributed by atoms with Crippen LogP contribution in [-0.4, -0.2) is 27.9 Å². The van der Waals surface area contributed by atoms with Gasteiger partial charge >= 0.3 is 37.3 Å². The SMILES string of the molecule is CC(=O)[O-].O.O.O.O.[Er+3]. The smallest absolute Gasteiger partial charge is 0.550 e. The minimum Gasteiger partial charge on any atom is -0.550 e. The molecule has 0 aliphatic carbocycles. The van der Waals surface area contributed by atoms with Crippen LogP contribution in [0.2, 0.25) is 0 Å². The molecule has 0 fully saturated rings. The first-order valence-corrected chi connectivity index (χ1v) is 0.908. The number of carbonyl (C=O) groups excluding carboxylic acids is 1. The van der Waals surface area contributed by atoms with Gasteiger partial charge in [-0.05, 0) is 6.92 Å². The first-order chi connectivity index (χ1) is 1.73. The second-order valence-corrected chi connectivity index (χ2v) is 0.492. The zero-order chi connectivity index (χ0) is 3.58. The van der Waals surface area contributed by atoms with E-state index in [0.717, 1.165) is 6.92 Å². The molecule has 1 radical (unpaired) electrons. The van der Waals surface area contributed by atoms with Crippen LogP contribution >= 0.6 is 0 Å². The summed E-state index contributed by atoms with van der Waals surface area (Å²) >= 11 is 0. The van der Waals surface area contributed by atoms with E-state index in [2.05, 4.69) is 0 Å². The van der Waals surface area contributed by atoms with Crippen molar-refractivity contribution in [2.75, 3.05) is 0 Å². The summed E-state index contributed by atoms with van der Waals surface area (Å²) in [7, 11) is 0. The molecular formula is C2H11ErO6+2. The van der Waals surface area contributed by atoms with Crippen LogP contribution in [-0.2, 0) is 4.79 Å². The van der Waals surface area contributed by atoms with Crippen molar-refractivity contribution in [3.8, 4) is 0 Å². The Morgan fingerprint density at radius 1 is 1.11 bits per heavy atom. The summed E-state index contributed by atoms with van der Waals surface area (Å²) in [6.45, 7) is 0.972. The predicted molar refractivity (Wildman–Crippen MR) is 25.1 cm³/mol. The van der Waals surface area contributed by atoms with E-state index in [1.54, 1.807) is 0 Å². The minimum atomic E-state index is -1.08. The van der Waals surface area contributed by atoms with Crippen LogP contribution in [0.4, 0.5) is 0 Å². The molecule has 0 aromatic carbocycles. The topological polar surface area (TPSA) is 166 Å². The average molecular weight is 298 g/mol. The Hall–Kier alpha value is 0.557. The molecule has 8 N–H and O–H groups in total. The number of hydrogen-bond acceptors (Lipinski definition) is 2. The van der Waals surface area contributed by atoms with Gasteiger partial charge in [-0.25, -0.2) is 0 Å². The molecule has 0 heterocycles. The number of carboxylic acid groups (broad SMARTS) is 1. The number of hydrogen-bond donors (Lipinski definition) is 0. The summed E-state index contributed by atoms with van der Waals surface area (Å²) < 4.78 is 0. The van der Waals surface area contributed by atoms with Gasteiger partial charge in [-0.3, -0.25) is 0 Å². The molecule has 0 spiro atoms. The Morgan fingerprint density at radius 2 is 1.11 bits per heavy atom. The molecular weight excluding hydrogens is 287 g/mol. The van der Waals surface area contributed by atoms with Crippen molar-refractivity contribution in [3.05, 3.63) is 0 Å². The Morgan fingerprint density at radius 3 is 1.11 bits per heavy atom. The van der Waals surface area contributed by atoms with Gasteiger partial charge in [0, 0.05) is 5.97 Å². The van der Waals surface area contributed by atoms with Gasteiger partial charge in [-0.2, -0.15) is 0 Å². The Bertz CT molecular complexity index is 34.0. The van der Waals surface area contributed by atoms with Crippen LogP contribution < -0.4 is 5.11 Å². The third-order valence-electron chi connectivity index (χ3n) is 0. The molecule has 9 heavy (non-hydrogen) atoms. The van der Waals surface area contributed by atoms with E-state index in [1.165, 1.54) is 0 Å². The standard InChI is InChI=1S/C2H4O2.Er.4H2O/c1-2(3)4;;;;;/h1H3,(H,3,4);;4*1H2/q;+3;;;;/p-1. The molecule has 0 aromatic rings. The van der Waals surface area contributed by atoms with Crippen molar-refractivity contribution in [3.63, 3.8) is 0 Å². The Balaban J connectivity index is -0.00000000450. The normalized spacial score (nSPS) is 2.78. The van der Waals surface area contributed by atoms with E-state index in [4.69, 9.17) is 9.90 Å². The van der Waals surface area contributed by atoms with Crippen molar-refractivity contribution in [1.29, 1.82) is 0 Å². The fraction of sp³-hybridized carbons (Fsp3) is 0.500. The van der Waals surface area contributed by atoms with Crippen LogP contribution in [0.15, 0.2) is 0 Å². The Kier molecular flexibility index (Phi) is 237. The van der Waals surface area contributed by atoms with Gasteiger partial charge < -0.3 is 31.8 Å². The van der Waals surface area contributed by atoms with Crippen LogP contribution in [0.5, 0.6) is 0 Å². The molecule has 0 saturated carbocycles. The molecule has 0 atom stereocenters. The third-order valence-corrected chi connectivity index (χ3v) is 0. The van der Waals surface area contributed by atoms with Crippen LogP contribution in [0.3, 0.4) is 0 Å². The maximum absolute atomic E-state index is 8.89. The molecule has 0 saturated heterocycles. The van der Waals surface area contributed by atoms with Gasteiger partial charge in [-0.1, -0.05) is 0 Å². The first kappa shape index (κ1) is 55.3. The minimum absolute atomic E-state index is 0. The zero-order valence-electron chi connectivity index (χ0n) is 4.61. The molecule has 0 aromatic heterocycles. The second kappa shape index (κ2) is 38.6. The summed E-state index contributed by atoms with van der Waals surface area (Å²) in [6, 6.07) is 0. The average Bonchev–Trinajstić information content (AvgIpc) is 0.811. The van der Waals surface area contributed by atoms with E-state index in [9.17, 15) is 0 Å². The van der Waals surface area contributed by atoms with E-state index < -0.39 is 5.97 Å². The molecule has 0 bridgehead atoms. The van der Waals surface area contributed by atoms with Crippen molar-refractivity contribution in [2.45, 2.75) is 6.92 Å². The molecule has 0 amide bonds. The van der Waals surface area contributed by atoms with Crippen molar-refractivity contribution in [1.82, 2.24) is 0 Å². The van der Waals surface area contributed by atoms with E-state index in [1.807, 2.05) is 0 Å². The molecule has 0 aliphatic rings. The maximum Gasteiger partial charge on any atom is 3.00 e. The van der Waals surface area contributed by atoms with Gasteiger partial charge in [-0.15, -0.1) is 0 Å². The van der Waals surface area contributed by atoms with E-state index in [-0.39, 0.29) is 59.2 Å². The molecule has 7 heteroatoms. The van der Waals surface area contributed by atoms with Gasteiger partial charge in [0.05, 0.1) is 0 Å². The molecule has 0 aliphatic heterocycles. The quantitative estimate of drug-likeness (QED) is 0.439. The summed E-state index contributed by atoms with van der Waals surface area (Å²) in [5.74, 6) is -1.08. The second-order valence-electron chi connectivity index (χ2n) is 0.492. The molecule has 0 rings (SSSR count). The monoisotopic (exact) mass is 297 g/mol. The maximum atomic E-state index is 8.89. The summed E-state index contributed by atoms with van der Waals surface area (Å²) in [6.07, 6.45) is 0. The van der Waals surface area contributed by atoms with Gasteiger partial charge in [0.25, 0.3) is 0 Å². The van der Waals surface area contributed by atoms with Gasteiger partial charge in [0.1, 0.15) is 0 Å². The zero-order valence-corrected chi connectivity index (χ0v) is 6.46. The summed E-state index contributed by atoms with van der Waals surface area (Å²) in [5.41, 5.74) is 0. The summed E-state index contributed by atoms with van der Waals surface area (Å²) in [4.78, 5) is 8.89. The number of rotatable bonds is 0. The molecule has 65 valence electrons. The third kappa shape index (κ3) is 1190. The number of carbonyl (C=O) groups is 1. The van der Waals surface area contributed by atoms with E-state index >= 15 is 0 Å². The van der Waals surface area contributed by atoms with Crippen molar-refractivity contribution >= 4 is 5.97 Å². The number of carboxylic acids is 1. The Labute approximate surface area is 81.7 Å². The van der Waals surface area contributed by atoms with Crippen LogP contribution in [0.1, 0.15) is 6.92 Å². The molecule has 6 nitrogen and oxygen atoms in total. The van der Waals surface area contributed by atoms with Crippen molar-refractivity contribution in [2.24, 2.45) is 0 Å². The van der Waals surface area contributed by atoms with Gasteiger partial charge in [0.15, 0.2) is 0 Å². The van der Waals surface area contributed by atoms with Crippen molar-refractivity contribution < 1.29 is 69.1 Å². The van der Waals surface area contributed by atoms with Gasteiger partial charge in [0.2, 0.25) is 0 Å². The number of aliphatic carboxylic acids is 1. The fourth-order valence-corrected chi connectivity index (χ4v) is 0. The van der Waals surface area contributed by atoms with E-state index in [0.29, 0.717) is 0 Å². The summed E-state index contributed by atoms with van der Waals surface area (Å²) in [5, 5.41) is 8.89.